The van der Waals surface area contributed by atoms with Gasteiger partial charge in [0, 0.05) is 50.3 Å². The molecule has 3 aromatic rings. The summed E-state index contributed by atoms with van der Waals surface area (Å²) in [6.45, 7) is 8.07. The molecule has 2 atom stereocenters. The second kappa shape index (κ2) is 13.9. The van der Waals surface area contributed by atoms with Crippen LogP contribution in [0.25, 0.3) is 5.57 Å². The van der Waals surface area contributed by atoms with Crippen LogP contribution >= 0.6 is 34.8 Å². The van der Waals surface area contributed by atoms with Gasteiger partial charge in [0.15, 0.2) is 0 Å². The molecular formula is C36H38Cl3N3O4. The summed E-state index contributed by atoms with van der Waals surface area (Å²) in [5, 5.41) is 4.79. The Balaban J connectivity index is 1.23. The monoisotopic (exact) mass is 681 g/mol. The van der Waals surface area contributed by atoms with Crippen LogP contribution in [0.2, 0.25) is 15.1 Å². The van der Waals surface area contributed by atoms with Crippen molar-refractivity contribution in [2.75, 3.05) is 26.3 Å². The fraction of sp³-hybridized carbons (Fsp3) is 0.389. The molecule has 10 heteroatoms. The first-order valence-corrected chi connectivity index (χ1v) is 16.8. The molecule has 242 valence electrons. The fourth-order valence-corrected chi connectivity index (χ4v) is 6.97. The van der Waals surface area contributed by atoms with E-state index >= 15 is 0 Å². The lowest BCUT2D eigenvalue weighted by molar-refractivity contribution is -0.132. The van der Waals surface area contributed by atoms with Crippen LogP contribution in [0.1, 0.15) is 48.4 Å². The summed E-state index contributed by atoms with van der Waals surface area (Å²) in [7, 11) is 0. The van der Waals surface area contributed by atoms with Crippen molar-refractivity contribution >= 4 is 52.2 Å². The Morgan fingerprint density at radius 2 is 1.65 bits per heavy atom. The fourth-order valence-electron chi connectivity index (χ4n) is 6.38. The van der Waals surface area contributed by atoms with E-state index in [1.54, 1.807) is 19.1 Å². The lowest BCUT2D eigenvalue weighted by Gasteiger charge is -2.44. The van der Waals surface area contributed by atoms with E-state index in [1.807, 2.05) is 29.2 Å². The number of rotatable bonds is 10. The Labute approximate surface area is 285 Å². The van der Waals surface area contributed by atoms with Crippen molar-refractivity contribution in [3.8, 4) is 11.5 Å². The average Bonchev–Trinajstić information content (AvgIpc) is 3.87. The predicted octanol–water partition coefficient (Wildman–Crippen LogP) is 7.26. The Kier molecular flexibility index (Phi) is 9.85. The lowest BCUT2D eigenvalue weighted by Crippen LogP contribution is -2.61. The summed E-state index contributed by atoms with van der Waals surface area (Å²) >= 11 is 18.3. The zero-order valence-corrected chi connectivity index (χ0v) is 28.5. The quantitative estimate of drug-likeness (QED) is 0.180. The Morgan fingerprint density at radius 1 is 0.935 bits per heavy atom. The molecule has 7 nitrogen and oxygen atoms in total. The number of halogens is 3. The number of carbonyl (C=O) groups excluding carboxylic acids is 2. The van der Waals surface area contributed by atoms with Crippen molar-refractivity contribution in [3.05, 3.63) is 97.5 Å². The maximum atomic E-state index is 14.6. The summed E-state index contributed by atoms with van der Waals surface area (Å²) < 4.78 is 11.7. The van der Waals surface area contributed by atoms with Crippen molar-refractivity contribution < 1.29 is 19.1 Å². The van der Waals surface area contributed by atoms with Gasteiger partial charge in [-0.2, -0.15) is 0 Å². The lowest BCUT2D eigenvalue weighted by atomic mass is 9.82. The molecule has 2 aliphatic heterocycles. The van der Waals surface area contributed by atoms with Crippen LogP contribution in [-0.2, 0) is 16.1 Å². The number of ether oxygens (including phenoxy) is 2. The van der Waals surface area contributed by atoms with E-state index in [2.05, 4.69) is 42.3 Å². The van der Waals surface area contributed by atoms with E-state index in [0.717, 1.165) is 29.6 Å². The minimum absolute atomic E-state index is 0.0353. The van der Waals surface area contributed by atoms with Gasteiger partial charge in [-0.05, 0) is 79.1 Å². The Morgan fingerprint density at radius 3 is 2.37 bits per heavy atom. The molecule has 3 aliphatic rings. The number of benzene rings is 3. The zero-order chi connectivity index (χ0) is 32.5. The zero-order valence-electron chi connectivity index (χ0n) is 26.2. The second-order valence-corrected chi connectivity index (χ2v) is 13.6. The van der Waals surface area contributed by atoms with Gasteiger partial charge in [0.05, 0.1) is 21.1 Å². The third kappa shape index (κ3) is 7.18. The molecule has 0 unspecified atom stereocenters. The van der Waals surface area contributed by atoms with E-state index in [0.29, 0.717) is 59.2 Å². The molecule has 2 heterocycles. The molecule has 1 saturated carbocycles. The Bertz CT molecular complexity index is 1670. The number of fused-ring (bicyclic) bond motifs is 2. The van der Waals surface area contributed by atoms with Crippen molar-refractivity contribution in [2.45, 2.75) is 64.7 Å². The van der Waals surface area contributed by atoms with Gasteiger partial charge < -0.3 is 24.6 Å². The SMILES string of the molecule is CC(=O)N1C[C@H]2CC(c3ccc(OCCOc4cc(Cl)c(Cl)cc4Cl)cc3)=C(C(=O)N(Cc3cccc(C)c3C)C3CC3)[C@@H](C1)N2. The van der Waals surface area contributed by atoms with Gasteiger partial charge in [0.25, 0.3) is 5.91 Å². The van der Waals surface area contributed by atoms with Gasteiger partial charge in [-0.15, -0.1) is 0 Å². The van der Waals surface area contributed by atoms with Crippen LogP contribution in [-0.4, -0.2) is 66.0 Å². The molecule has 0 radical (unpaired) electrons. The highest BCUT2D eigenvalue weighted by molar-refractivity contribution is 6.43. The number of amides is 2. The predicted molar refractivity (Wildman–Crippen MR) is 183 cm³/mol. The van der Waals surface area contributed by atoms with Crippen LogP contribution in [0.3, 0.4) is 0 Å². The minimum atomic E-state index is -0.236. The minimum Gasteiger partial charge on any atom is -0.490 e. The standard InChI is InChI=1S/C36H38Cl3N3O4/c1-21-5-4-6-25(22(21)2)18-42(27-9-10-27)36(44)35-29(15-26-19-41(23(3)43)20-33(35)40-26)24-7-11-28(12-8-24)45-13-14-46-34-17-31(38)30(37)16-32(34)39/h4-8,11-12,16-17,26-27,33,40H,9-10,13-15,18-20H2,1-3H3/t26-,33-/m1/s1. The number of carbonyl (C=O) groups is 2. The topological polar surface area (TPSA) is 71.1 Å². The van der Waals surface area contributed by atoms with Gasteiger partial charge in [0.2, 0.25) is 5.91 Å². The van der Waals surface area contributed by atoms with Crippen LogP contribution in [0, 0.1) is 13.8 Å². The molecule has 2 amide bonds. The molecule has 2 fully saturated rings. The number of nitrogens with one attached hydrogen (secondary N) is 1. The molecule has 46 heavy (non-hydrogen) atoms. The average molecular weight is 683 g/mol. The van der Waals surface area contributed by atoms with E-state index in [9.17, 15) is 9.59 Å². The maximum Gasteiger partial charge on any atom is 0.252 e. The van der Waals surface area contributed by atoms with Crippen LogP contribution < -0.4 is 14.8 Å². The third-order valence-electron chi connectivity index (χ3n) is 9.17. The molecule has 3 aromatic carbocycles. The maximum absolute atomic E-state index is 14.6. The van der Waals surface area contributed by atoms with Crippen LogP contribution in [0.5, 0.6) is 11.5 Å². The van der Waals surface area contributed by atoms with E-state index in [1.165, 1.54) is 16.7 Å². The molecule has 0 spiro atoms. The van der Waals surface area contributed by atoms with Crippen molar-refractivity contribution in [3.63, 3.8) is 0 Å². The largest absolute Gasteiger partial charge is 0.490 e. The van der Waals surface area contributed by atoms with E-state index in [-0.39, 0.29) is 36.5 Å². The first-order chi connectivity index (χ1) is 22.1. The Hall–Kier alpha value is -3.23. The van der Waals surface area contributed by atoms with Crippen LogP contribution in [0.15, 0.2) is 60.2 Å². The molecular weight excluding hydrogens is 645 g/mol. The molecule has 1 N–H and O–H groups in total. The third-order valence-corrected chi connectivity index (χ3v) is 10.2. The first kappa shape index (κ1) is 32.7. The van der Waals surface area contributed by atoms with E-state index < -0.39 is 0 Å². The molecule has 2 bridgehead atoms. The van der Waals surface area contributed by atoms with Crippen molar-refractivity contribution in [2.24, 2.45) is 0 Å². The van der Waals surface area contributed by atoms with Gasteiger partial charge in [-0.3, -0.25) is 9.59 Å². The number of hydrogen-bond acceptors (Lipinski definition) is 5. The van der Waals surface area contributed by atoms with Crippen molar-refractivity contribution in [1.29, 1.82) is 0 Å². The summed E-state index contributed by atoms with van der Waals surface area (Å²) in [5.41, 5.74) is 6.41. The smallest absolute Gasteiger partial charge is 0.252 e. The van der Waals surface area contributed by atoms with Gasteiger partial charge in [0.1, 0.15) is 24.7 Å². The summed E-state index contributed by atoms with van der Waals surface area (Å²) in [6.07, 6.45) is 2.67. The first-order valence-electron chi connectivity index (χ1n) is 15.7. The van der Waals surface area contributed by atoms with E-state index in [4.69, 9.17) is 44.3 Å². The van der Waals surface area contributed by atoms with Crippen molar-refractivity contribution in [1.82, 2.24) is 15.1 Å². The van der Waals surface area contributed by atoms with Gasteiger partial charge in [-0.25, -0.2) is 0 Å². The molecule has 6 rings (SSSR count). The highest BCUT2D eigenvalue weighted by Gasteiger charge is 2.43. The van der Waals surface area contributed by atoms with Crippen LogP contribution in [0.4, 0.5) is 0 Å². The number of piperazine rings is 1. The second-order valence-electron chi connectivity index (χ2n) is 12.4. The summed E-state index contributed by atoms with van der Waals surface area (Å²) in [5.74, 6) is 1.22. The molecule has 1 aliphatic carbocycles. The number of hydrogen-bond donors (Lipinski definition) is 1. The molecule has 1 saturated heterocycles. The highest BCUT2D eigenvalue weighted by atomic mass is 35.5. The molecule has 0 aromatic heterocycles. The number of nitrogens with zero attached hydrogens (tertiary/aromatic N) is 2. The normalized spacial score (nSPS) is 19.2. The summed E-state index contributed by atoms with van der Waals surface area (Å²) in [4.78, 5) is 31.0. The summed E-state index contributed by atoms with van der Waals surface area (Å²) in [6, 6.07) is 17.4. The highest BCUT2D eigenvalue weighted by Crippen LogP contribution is 2.38. The van der Waals surface area contributed by atoms with Gasteiger partial charge in [-0.1, -0.05) is 65.1 Å². The van der Waals surface area contributed by atoms with Gasteiger partial charge >= 0.3 is 0 Å². The number of aryl methyl sites for hydroxylation is 1.